The van der Waals surface area contributed by atoms with E-state index in [1.165, 1.54) is 0 Å². The molecule has 0 unspecified atom stereocenters. The van der Waals surface area contributed by atoms with Gasteiger partial charge in [-0.25, -0.2) is 10.2 Å². The fourth-order valence-corrected chi connectivity index (χ4v) is 2.31. The van der Waals surface area contributed by atoms with E-state index in [4.69, 9.17) is 4.84 Å². The number of amides is 1. The van der Waals surface area contributed by atoms with Gasteiger partial charge in [0.15, 0.2) is 0 Å². The normalized spacial score (nSPS) is 10.5. The molecule has 0 bridgehead atoms. The molecule has 5 nitrogen and oxygen atoms in total. The highest BCUT2D eigenvalue weighted by atomic mass is 16.6. The number of rotatable bonds is 5. The van der Waals surface area contributed by atoms with Crippen LogP contribution in [0.25, 0.3) is 16.9 Å². The van der Waals surface area contributed by atoms with E-state index in [-0.39, 0.29) is 5.91 Å². The average molecular weight is 307 g/mol. The summed E-state index contributed by atoms with van der Waals surface area (Å²) in [6.45, 7) is 2.23. The van der Waals surface area contributed by atoms with Crippen molar-refractivity contribution in [3.8, 4) is 16.9 Å². The Labute approximate surface area is 134 Å². The van der Waals surface area contributed by atoms with Crippen LogP contribution in [0.1, 0.15) is 17.3 Å². The number of nitrogens with zero attached hydrogens (tertiary/aromatic N) is 2. The number of hydroxylamine groups is 1. The first-order valence-electron chi connectivity index (χ1n) is 7.41. The molecular weight excluding hydrogens is 290 g/mol. The van der Waals surface area contributed by atoms with Crippen LogP contribution in [-0.4, -0.2) is 22.3 Å². The summed E-state index contributed by atoms with van der Waals surface area (Å²) >= 11 is 0. The summed E-state index contributed by atoms with van der Waals surface area (Å²) in [6, 6.07) is 19.2. The van der Waals surface area contributed by atoms with Crippen LogP contribution in [0.2, 0.25) is 0 Å². The van der Waals surface area contributed by atoms with Gasteiger partial charge in [0, 0.05) is 11.1 Å². The van der Waals surface area contributed by atoms with Crippen molar-refractivity contribution < 1.29 is 9.63 Å². The molecule has 0 saturated heterocycles. The molecule has 3 rings (SSSR count). The average Bonchev–Trinajstić information content (AvgIpc) is 3.10. The smallest absolute Gasteiger partial charge is 0.274 e. The molecule has 3 aromatic rings. The van der Waals surface area contributed by atoms with Crippen LogP contribution in [0.3, 0.4) is 0 Å². The highest BCUT2D eigenvalue weighted by Crippen LogP contribution is 2.22. The van der Waals surface area contributed by atoms with Gasteiger partial charge in [-0.2, -0.15) is 5.10 Å². The van der Waals surface area contributed by atoms with E-state index in [0.717, 1.165) is 16.9 Å². The molecule has 0 saturated carbocycles. The standard InChI is InChI=1S/C18H17N3O2/c1-2-23-20-18(22)15-9-6-10-16(13-15)21-17(11-12-19-21)14-7-4-3-5-8-14/h3-13H,2H2,1H3,(H,20,22). The van der Waals surface area contributed by atoms with E-state index in [1.54, 1.807) is 18.3 Å². The predicted molar refractivity (Wildman–Crippen MR) is 88.1 cm³/mol. The van der Waals surface area contributed by atoms with Crippen molar-refractivity contribution >= 4 is 5.91 Å². The molecule has 116 valence electrons. The molecule has 0 atom stereocenters. The summed E-state index contributed by atoms with van der Waals surface area (Å²) in [5.74, 6) is -0.276. The van der Waals surface area contributed by atoms with Crippen LogP contribution in [0.4, 0.5) is 0 Å². The van der Waals surface area contributed by atoms with Gasteiger partial charge in [0.25, 0.3) is 5.91 Å². The highest BCUT2D eigenvalue weighted by Gasteiger charge is 2.10. The quantitative estimate of drug-likeness (QED) is 0.736. The Morgan fingerprint density at radius 1 is 1.13 bits per heavy atom. The van der Waals surface area contributed by atoms with Crippen molar-refractivity contribution in [1.82, 2.24) is 15.3 Å². The van der Waals surface area contributed by atoms with Crippen molar-refractivity contribution in [2.45, 2.75) is 6.92 Å². The van der Waals surface area contributed by atoms with Crippen molar-refractivity contribution in [1.29, 1.82) is 0 Å². The summed E-state index contributed by atoms with van der Waals surface area (Å²) in [5, 5.41) is 4.38. The summed E-state index contributed by atoms with van der Waals surface area (Å²) in [4.78, 5) is 17.0. The Balaban J connectivity index is 1.95. The molecule has 0 spiro atoms. The Kier molecular flexibility index (Phi) is 4.49. The molecule has 0 radical (unpaired) electrons. The molecule has 0 aliphatic heterocycles. The van der Waals surface area contributed by atoms with Gasteiger partial charge >= 0.3 is 0 Å². The minimum Gasteiger partial charge on any atom is -0.274 e. The maximum absolute atomic E-state index is 12.0. The molecule has 2 aromatic carbocycles. The van der Waals surface area contributed by atoms with E-state index in [2.05, 4.69) is 10.6 Å². The Bertz CT molecular complexity index is 797. The lowest BCUT2D eigenvalue weighted by Crippen LogP contribution is -2.23. The summed E-state index contributed by atoms with van der Waals surface area (Å²) in [7, 11) is 0. The zero-order valence-electron chi connectivity index (χ0n) is 12.8. The van der Waals surface area contributed by atoms with Gasteiger partial charge in [-0.3, -0.25) is 9.63 Å². The molecule has 1 amide bonds. The Hall–Kier alpha value is -2.92. The molecule has 1 heterocycles. The van der Waals surface area contributed by atoms with E-state index in [0.29, 0.717) is 12.2 Å². The maximum atomic E-state index is 12.0. The topological polar surface area (TPSA) is 56.1 Å². The minimum atomic E-state index is -0.276. The number of aromatic nitrogens is 2. The lowest BCUT2D eigenvalue weighted by Gasteiger charge is -2.09. The molecule has 1 aromatic heterocycles. The zero-order valence-corrected chi connectivity index (χ0v) is 12.8. The van der Waals surface area contributed by atoms with E-state index >= 15 is 0 Å². The van der Waals surface area contributed by atoms with E-state index in [9.17, 15) is 4.79 Å². The third-order valence-corrected chi connectivity index (χ3v) is 3.37. The fourth-order valence-electron chi connectivity index (χ4n) is 2.31. The molecule has 1 N–H and O–H groups in total. The number of carbonyl (C=O) groups excluding carboxylic acids is 1. The molecule has 0 aliphatic carbocycles. The lowest BCUT2D eigenvalue weighted by molar-refractivity contribution is 0.0364. The predicted octanol–water partition coefficient (Wildman–Crippen LogP) is 3.22. The maximum Gasteiger partial charge on any atom is 0.274 e. The Morgan fingerprint density at radius 2 is 1.96 bits per heavy atom. The summed E-state index contributed by atoms with van der Waals surface area (Å²) in [5.41, 5.74) is 5.77. The van der Waals surface area contributed by atoms with Crippen LogP contribution < -0.4 is 5.48 Å². The first-order chi connectivity index (χ1) is 11.3. The number of hydrogen-bond donors (Lipinski definition) is 1. The monoisotopic (exact) mass is 307 g/mol. The van der Waals surface area contributed by atoms with Crippen LogP contribution >= 0.6 is 0 Å². The third kappa shape index (κ3) is 3.30. The number of carbonyl (C=O) groups is 1. The molecule has 23 heavy (non-hydrogen) atoms. The van der Waals surface area contributed by atoms with Gasteiger partial charge in [0.1, 0.15) is 0 Å². The van der Waals surface area contributed by atoms with Gasteiger partial charge < -0.3 is 0 Å². The SMILES string of the molecule is CCONC(=O)c1cccc(-n2nccc2-c2ccccc2)c1. The molecule has 0 aliphatic rings. The second-order valence-corrected chi connectivity index (χ2v) is 4.91. The van der Waals surface area contributed by atoms with Gasteiger partial charge in [0.05, 0.1) is 24.2 Å². The lowest BCUT2D eigenvalue weighted by atomic mass is 10.1. The highest BCUT2D eigenvalue weighted by molar-refractivity contribution is 5.94. The molecular formula is C18H17N3O2. The van der Waals surface area contributed by atoms with Crippen molar-refractivity contribution in [3.63, 3.8) is 0 Å². The van der Waals surface area contributed by atoms with Crippen LogP contribution in [0, 0.1) is 0 Å². The Morgan fingerprint density at radius 3 is 2.74 bits per heavy atom. The van der Waals surface area contributed by atoms with Crippen LogP contribution in [0.5, 0.6) is 0 Å². The molecule has 5 heteroatoms. The van der Waals surface area contributed by atoms with Crippen molar-refractivity contribution in [2.24, 2.45) is 0 Å². The fraction of sp³-hybridized carbons (Fsp3) is 0.111. The van der Waals surface area contributed by atoms with E-state index in [1.807, 2.05) is 60.1 Å². The third-order valence-electron chi connectivity index (χ3n) is 3.37. The second kappa shape index (κ2) is 6.89. The summed E-state index contributed by atoms with van der Waals surface area (Å²) in [6.07, 6.45) is 1.75. The first kappa shape index (κ1) is 15.0. The molecule has 0 fully saturated rings. The van der Waals surface area contributed by atoms with Gasteiger partial charge in [-0.1, -0.05) is 36.4 Å². The van der Waals surface area contributed by atoms with Gasteiger partial charge in [-0.15, -0.1) is 0 Å². The second-order valence-electron chi connectivity index (χ2n) is 4.91. The van der Waals surface area contributed by atoms with E-state index < -0.39 is 0 Å². The number of nitrogens with one attached hydrogen (secondary N) is 1. The van der Waals surface area contributed by atoms with Gasteiger partial charge in [-0.05, 0) is 31.2 Å². The first-order valence-corrected chi connectivity index (χ1v) is 7.41. The van der Waals surface area contributed by atoms with Crippen LogP contribution in [-0.2, 0) is 4.84 Å². The largest absolute Gasteiger partial charge is 0.274 e. The number of benzene rings is 2. The van der Waals surface area contributed by atoms with Crippen LogP contribution in [0.15, 0.2) is 66.9 Å². The minimum absolute atomic E-state index is 0.276. The van der Waals surface area contributed by atoms with Crippen molar-refractivity contribution in [2.75, 3.05) is 6.61 Å². The van der Waals surface area contributed by atoms with Gasteiger partial charge in [0.2, 0.25) is 0 Å². The van der Waals surface area contributed by atoms with Crippen molar-refractivity contribution in [3.05, 3.63) is 72.4 Å². The number of hydrogen-bond acceptors (Lipinski definition) is 3. The summed E-state index contributed by atoms with van der Waals surface area (Å²) < 4.78 is 1.81. The zero-order chi connectivity index (χ0) is 16.1.